The van der Waals surface area contributed by atoms with Gasteiger partial charge in [-0.3, -0.25) is 9.69 Å². The van der Waals surface area contributed by atoms with Gasteiger partial charge in [0.15, 0.2) is 6.61 Å². The van der Waals surface area contributed by atoms with Crippen LogP contribution in [0.2, 0.25) is 0 Å². The topological polar surface area (TPSA) is 90.0 Å². The van der Waals surface area contributed by atoms with E-state index >= 15 is 0 Å². The summed E-state index contributed by atoms with van der Waals surface area (Å²) in [6.07, 6.45) is -0.362. The zero-order chi connectivity index (χ0) is 21.5. The maximum atomic E-state index is 12.7. The van der Waals surface area contributed by atoms with Crippen LogP contribution in [0.3, 0.4) is 0 Å². The number of hydrogen-bond donors (Lipinski definition) is 1. The Morgan fingerprint density at radius 3 is 2.93 bits per heavy atom. The number of fused-ring (bicyclic) bond motifs is 1. The Morgan fingerprint density at radius 2 is 2.17 bits per heavy atom. The molecular weight excluding hydrogens is 406 g/mol. The smallest absolute Gasteiger partial charge is 0.411 e. The number of nitrogens with one attached hydrogen (secondary N) is 1. The number of benzene rings is 1. The van der Waals surface area contributed by atoms with Crippen LogP contribution in [0.15, 0.2) is 18.2 Å². The van der Waals surface area contributed by atoms with E-state index in [1.807, 2.05) is 45.9 Å². The summed E-state index contributed by atoms with van der Waals surface area (Å²) in [4.78, 5) is 31.9. The molecule has 0 spiro atoms. The van der Waals surface area contributed by atoms with Gasteiger partial charge in [-0.1, -0.05) is 0 Å². The van der Waals surface area contributed by atoms with Crippen molar-refractivity contribution >= 4 is 29.0 Å². The highest BCUT2D eigenvalue weighted by molar-refractivity contribution is 7.12. The van der Waals surface area contributed by atoms with Crippen molar-refractivity contribution in [1.82, 2.24) is 9.88 Å². The van der Waals surface area contributed by atoms with Gasteiger partial charge in [0, 0.05) is 17.0 Å². The molecule has 4 rings (SSSR count). The molecule has 160 valence electrons. The molecule has 1 saturated heterocycles. The van der Waals surface area contributed by atoms with Crippen molar-refractivity contribution < 1.29 is 23.8 Å². The second-order valence-electron chi connectivity index (χ2n) is 8.27. The van der Waals surface area contributed by atoms with Crippen LogP contribution in [0, 0.1) is 6.92 Å². The van der Waals surface area contributed by atoms with Crippen LogP contribution < -0.4 is 10.1 Å². The molecule has 2 amide bonds. The van der Waals surface area contributed by atoms with E-state index in [0.29, 0.717) is 31.2 Å². The molecule has 9 heteroatoms. The van der Waals surface area contributed by atoms with Crippen molar-refractivity contribution in [2.75, 3.05) is 31.7 Å². The first-order valence-electron chi connectivity index (χ1n) is 9.83. The molecule has 8 nitrogen and oxygen atoms in total. The molecule has 0 aliphatic carbocycles. The highest BCUT2D eigenvalue weighted by Gasteiger charge is 2.34. The number of ether oxygens (including phenoxy) is 3. The third kappa shape index (κ3) is 4.27. The van der Waals surface area contributed by atoms with Crippen LogP contribution in [0.25, 0.3) is 11.3 Å². The minimum atomic E-state index is -0.570. The summed E-state index contributed by atoms with van der Waals surface area (Å²) >= 11 is 1.53. The highest BCUT2D eigenvalue weighted by atomic mass is 32.1. The molecule has 2 aromatic rings. The predicted octanol–water partition coefficient (Wildman–Crippen LogP) is 3.76. The third-order valence-corrected chi connectivity index (χ3v) is 5.81. The Kier molecular flexibility index (Phi) is 5.42. The first kappa shape index (κ1) is 20.6. The van der Waals surface area contributed by atoms with E-state index in [4.69, 9.17) is 19.2 Å². The Morgan fingerprint density at radius 1 is 1.37 bits per heavy atom. The van der Waals surface area contributed by atoms with Gasteiger partial charge in [0.25, 0.3) is 5.91 Å². The van der Waals surface area contributed by atoms with Crippen molar-refractivity contribution in [2.24, 2.45) is 0 Å². The van der Waals surface area contributed by atoms with Gasteiger partial charge in [0.2, 0.25) is 0 Å². The minimum Gasteiger partial charge on any atom is -0.482 e. The van der Waals surface area contributed by atoms with E-state index in [1.165, 1.54) is 11.3 Å². The second kappa shape index (κ2) is 7.88. The largest absolute Gasteiger partial charge is 0.482 e. The molecule has 1 N–H and O–H groups in total. The van der Waals surface area contributed by atoms with Crippen molar-refractivity contribution in [3.63, 3.8) is 0 Å². The number of aryl methyl sites for hydroxylation is 1. The number of anilines is 1. The lowest BCUT2D eigenvalue weighted by atomic mass is 10.1. The number of carbonyl (C=O) groups excluding carboxylic acids is 2. The van der Waals surface area contributed by atoms with Crippen LogP contribution in [-0.4, -0.2) is 53.9 Å². The van der Waals surface area contributed by atoms with Gasteiger partial charge in [-0.25, -0.2) is 9.78 Å². The molecular formula is C21H25N3O5S. The Labute approximate surface area is 179 Å². The van der Waals surface area contributed by atoms with Crippen LogP contribution in [0.4, 0.5) is 10.5 Å². The number of nitrogens with zero attached hydrogens (tertiary/aromatic N) is 2. The van der Waals surface area contributed by atoms with Gasteiger partial charge in [0.05, 0.1) is 24.6 Å². The van der Waals surface area contributed by atoms with Gasteiger partial charge in [-0.2, -0.15) is 0 Å². The Bertz CT molecular complexity index is 982. The lowest BCUT2D eigenvalue weighted by Crippen LogP contribution is -2.45. The van der Waals surface area contributed by atoms with Gasteiger partial charge in [0.1, 0.15) is 22.4 Å². The molecule has 3 heterocycles. The molecule has 1 atom stereocenters. The summed E-state index contributed by atoms with van der Waals surface area (Å²) in [5, 5.41) is 3.62. The number of rotatable bonds is 2. The van der Waals surface area contributed by atoms with Gasteiger partial charge in [-0.05, 0) is 45.9 Å². The van der Waals surface area contributed by atoms with Crippen molar-refractivity contribution in [2.45, 2.75) is 39.3 Å². The van der Waals surface area contributed by atoms with Gasteiger partial charge < -0.3 is 19.5 Å². The Balaban J connectivity index is 1.62. The summed E-state index contributed by atoms with van der Waals surface area (Å²) < 4.78 is 16.7. The maximum absolute atomic E-state index is 12.7. The number of amides is 2. The molecule has 1 aromatic carbocycles. The molecule has 1 fully saturated rings. The number of aromatic nitrogens is 1. The number of thiazole rings is 1. The molecule has 1 unspecified atom stereocenters. The molecule has 0 bridgehead atoms. The normalized spacial score (nSPS) is 19.0. The van der Waals surface area contributed by atoms with Gasteiger partial charge in [-0.15, -0.1) is 11.3 Å². The van der Waals surface area contributed by atoms with E-state index in [0.717, 1.165) is 21.1 Å². The fourth-order valence-corrected chi connectivity index (χ4v) is 4.45. The lowest BCUT2D eigenvalue weighted by molar-refractivity contribution is -0.118. The fraction of sp³-hybridized carbons (Fsp3) is 0.476. The first-order chi connectivity index (χ1) is 14.2. The zero-order valence-electron chi connectivity index (χ0n) is 17.5. The summed E-state index contributed by atoms with van der Waals surface area (Å²) in [5.41, 5.74) is 1.75. The molecule has 0 radical (unpaired) electrons. The maximum Gasteiger partial charge on any atom is 0.411 e. The van der Waals surface area contributed by atoms with Crippen LogP contribution in [0.5, 0.6) is 5.75 Å². The number of hydrogen-bond acceptors (Lipinski definition) is 7. The van der Waals surface area contributed by atoms with E-state index < -0.39 is 5.60 Å². The minimum absolute atomic E-state index is 0.0222. The summed E-state index contributed by atoms with van der Waals surface area (Å²) in [7, 11) is 0. The molecule has 30 heavy (non-hydrogen) atoms. The number of carbonyl (C=O) groups is 2. The quantitative estimate of drug-likeness (QED) is 0.779. The SMILES string of the molecule is Cc1sc(C2COCCN2C(=O)OC(C)(C)C)nc1-c1ccc2c(c1)NC(=O)CO2. The monoisotopic (exact) mass is 431 g/mol. The van der Waals surface area contributed by atoms with E-state index in [2.05, 4.69) is 5.32 Å². The van der Waals surface area contributed by atoms with E-state index in [1.54, 1.807) is 4.90 Å². The fourth-order valence-electron chi connectivity index (χ4n) is 3.41. The predicted molar refractivity (Wildman–Crippen MR) is 113 cm³/mol. The number of morpholine rings is 1. The first-order valence-corrected chi connectivity index (χ1v) is 10.6. The lowest BCUT2D eigenvalue weighted by Gasteiger charge is -2.35. The van der Waals surface area contributed by atoms with E-state index in [-0.39, 0.29) is 24.6 Å². The molecule has 1 aromatic heterocycles. The summed E-state index contributed by atoms with van der Waals surface area (Å²) in [6.45, 7) is 8.87. The molecule has 0 saturated carbocycles. The molecule has 2 aliphatic rings. The molecule has 2 aliphatic heterocycles. The van der Waals surface area contributed by atoms with Crippen LogP contribution >= 0.6 is 11.3 Å². The van der Waals surface area contributed by atoms with E-state index in [9.17, 15) is 9.59 Å². The average molecular weight is 432 g/mol. The third-order valence-electron chi connectivity index (χ3n) is 4.74. The second-order valence-corrected chi connectivity index (χ2v) is 9.50. The average Bonchev–Trinajstić information content (AvgIpc) is 3.07. The summed E-state index contributed by atoms with van der Waals surface area (Å²) in [5.74, 6) is 0.464. The highest BCUT2D eigenvalue weighted by Crippen LogP contribution is 2.38. The van der Waals surface area contributed by atoms with Crippen LogP contribution in [0.1, 0.15) is 36.7 Å². The van der Waals surface area contributed by atoms with Crippen molar-refractivity contribution in [3.8, 4) is 17.0 Å². The Hall–Kier alpha value is -2.65. The van der Waals surface area contributed by atoms with Crippen molar-refractivity contribution in [1.29, 1.82) is 0 Å². The van der Waals surface area contributed by atoms with Gasteiger partial charge >= 0.3 is 6.09 Å². The summed E-state index contributed by atoms with van der Waals surface area (Å²) in [6, 6.07) is 5.32. The van der Waals surface area contributed by atoms with Crippen LogP contribution in [-0.2, 0) is 14.3 Å². The zero-order valence-corrected chi connectivity index (χ0v) is 18.3. The van der Waals surface area contributed by atoms with Crippen molar-refractivity contribution in [3.05, 3.63) is 28.1 Å². The standard InChI is InChI=1S/C21H25N3O5S/c1-12-18(13-5-6-16-14(9-13)22-17(25)11-28-16)23-19(30-12)15-10-27-8-7-24(15)20(26)29-21(2,3)4/h5-6,9,15H,7-8,10-11H2,1-4H3,(H,22,25).